The molecule has 0 N–H and O–H groups in total. The molecule has 2 aromatic rings. The predicted octanol–water partition coefficient (Wildman–Crippen LogP) is 5.29. The molecule has 3 rings (SSSR count). The van der Waals surface area contributed by atoms with Crippen molar-refractivity contribution in [2.45, 2.75) is 56.9 Å². The monoisotopic (exact) mass is 484 g/mol. The second-order valence-electron chi connectivity index (χ2n) is 7.78. The zero-order valence-corrected chi connectivity index (χ0v) is 19.2. The van der Waals surface area contributed by atoms with E-state index in [0.717, 1.165) is 24.8 Å². The lowest BCUT2D eigenvalue weighted by Gasteiger charge is -2.26. The quantitative estimate of drug-likeness (QED) is 0.454. The van der Waals surface area contributed by atoms with Crippen LogP contribution in [-0.4, -0.2) is 37.9 Å². The second kappa shape index (κ2) is 11.0. The molecule has 1 fully saturated rings. The van der Waals surface area contributed by atoms with Crippen LogP contribution >= 0.6 is 0 Å². The summed E-state index contributed by atoms with van der Waals surface area (Å²) in [4.78, 5) is 5.56. The highest BCUT2D eigenvalue weighted by Crippen LogP contribution is 2.24. The van der Waals surface area contributed by atoms with Crippen molar-refractivity contribution >= 4 is 15.7 Å². The van der Waals surface area contributed by atoms with Gasteiger partial charge in [0.1, 0.15) is 12.4 Å². The van der Waals surface area contributed by atoms with Gasteiger partial charge in [0.15, 0.2) is 0 Å². The lowest BCUT2D eigenvalue weighted by atomic mass is 10.1. The van der Waals surface area contributed by atoms with Gasteiger partial charge in [0, 0.05) is 25.9 Å². The molecule has 0 spiro atoms. The average Bonchev–Trinajstić information content (AvgIpc) is 2.77. The molecular formula is C23H27F3N2O4S. The van der Waals surface area contributed by atoms with Crippen LogP contribution in [0, 0.1) is 0 Å². The minimum Gasteiger partial charge on any atom is -0.406 e. The molecule has 10 heteroatoms. The van der Waals surface area contributed by atoms with Crippen LogP contribution in [0.3, 0.4) is 0 Å². The van der Waals surface area contributed by atoms with Gasteiger partial charge in [-0.15, -0.1) is 13.2 Å². The number of nitrogens with zero attached hydrogens (tertiary/aromatic N) is 2. The number of hydrogen-bond acceptors (Lipinski definition) is 5. The Morgan fingerprint density at radius 1 is 1.03 bits per heavy atom. The molecular weight excluding hydrogens is 457 g/mol. The highest BCUT2D eigenvalue weighted by molar-refractivity contribution is 7.89. The Kier molecular flexibility index (Phi) is 8.36. The maximum Gasteiger partial charge on any atom is 0.573 e. The molecule has 1 saturated heterocycles. The van der Waals surface area contributed by atoms with E-state index in [1.54, 1.807) is 18.2 Å². The summed E-state index contributed by atoms with van der Waals surface area (Å²) < 4.78 is 68.1. The van der Waals surface area contributed by atoms with Gasteiger partial charge in [-0.1, -0.05) is 42.8 Å². The Balaban J connectivity index is 1.51. The minimum absolute atomic E-state index is 0.0229. The third kappa shape index (κ3) is 7.46. The summed E-state index contributed by atoms with van der Waals surface area (Å²) in [5.41, 5.74) is 2.30. The van der Waals surface area contributed by atoms with E-state index >= 15 is 0 Å². The van der Waals surface area contributed by atoms with Crippen LogP contribution in [0.4, 0.5) is 13.2 Å². The number of ether oxygens (including phenoxy) is 1. The van der Waals surface area contributed by atoms with Crippen LogP contribution in [0.5, 0.6) is 5.75 Å². The lowest BCUT2D eigenvalue weighted by Crippen LogP contribution is -2.38. The molecule has 1 heterocycles. The first-order chi connectivity index (χ1) is 15.7. The van der Waals surface area contributed by atoms with Gasteiger partial charge in [0.05, 0.1) is 10.6 Å². The van der Waals surface area contributed by atoms with E-state index in [0.29, 0.717) is 24.1 Å². The molecule has 1 aliphatic heterocycles. The number of aryl methyl sites for hydroxylation is 1. The smallest absolute Gasteiger partial charge is 0.406 e. The summed E-state index contributed by atoms with van der Waals surface area (Å²) in [5, 5.41) is 4.04. The highest BCUT2D eigenvalue weighted by Gasteiger charge is 2.31. The number of oxime groups is 1. The lowest BCUT2D eigenvalue weighted by molar-refractivity contribution is -0.274. The first kappa shape index (κ1) is 25.0. The van der Waals surface area contributed by atoms with E-state index in [-0.39, 0.29) is 30.3 Å². The Hall–Kier alpha value is -2.59. The highest BCUT2D eigenvalue weighted by atomic mass is 32.2. The molecule has 6 nitrogen and oxygen atoms in total. The van der Waals surface area contributed by atoms with Crippen LogP contribution in [0.2, 0.25) is 0 Å². The maximum absolute atomic E-state index is 12.9. The van der Waals surface area contributed by atoms with E-state index in [1.165, 1.54) is 22.5 Å². The Labute approximate surface area is 192 Å². The number of piperidine rings is 1. The minimum atomic E-state index is -4.76. The molecule has 2 aromatic carbocycles. The first-order valence-electron chi connectivity index (χ1n) is 10.8. The van der Waals surface area contributed by atoms with E-state index in [9.17, 15) is 21.6 Å². The van der Waals surface area contributed by atoms with Crippen molar-refractivity contribution < 1.29 is 31.2 Å². The van der Waals surface area contributed by atoms with Crippen molar-refractivity contribution in [3.63, 3.8) is 0 Å². The molecule has 0 aromatic heterocycles. The Morgan fingerprint density at radius 2 is 1.73 bits per heavy atom. The molecule has 0 unspecified atom stereocenters. The fraction of sp³-hybridized carbons (Fsp3) is 0.435. The number of rotatable bonds is 9. The summed E-state index contributed by atoms with van der Waals surface area (Å²) in [6.45, 7) is 2.67. The van der Waals surface area contributed by atoms with Crippen LogP contribution in [0.25, 0.3) is 0 Å². The standard InChI is InChI=1S/C23H27F3N2O4S/c1-2-3-5-18-8-10-22(11-9-18)33(29,30)28-14-12-20(13-15-28)27-31-17-19-6-4-7-21(16-19)32-23(24,25)26/h4,6-11,16H,2-3,5,12-15,17H2,1H3. The molecule has 180 valence electrons. The van der Waals surface area contributed by atoms with Crippen molar-refractivity contribution in [3.05, 3.63) is 59.7 Å². The van der Waals surface area contributed by atoms with Crippen molar-refractivity contribution in [2.75, 3.05) is 13.1 Å². The van der Waals surface area contributed by atoms with E-state index in [2.05, 4.69) is 16.8 Å². The van der Waals surface area contributed by atoms with Gasteiger partial charge < -0.3 is 9.57 Å². The number of unbranched alkanes of at least 4 members (excludes halogenated alkanes) is 1. The molecule has 0 saturated carbocycles. The van der Waals surface area contributed by atoms with Gasteiger partial charge in [0.25, 0.3) is 0 Å². The summed E-state index contributed by atoms with van der Waals surface area (Å²) in [6.07, 6.45) is -0.837. The third-order valence-electron chi connectivity index (χ3n) is 5.24. The Morgan fingerprint density at radius 3 is 2.36 bits per heavy atom. The van der Waals surface area contributed by atoms with Crippen LogP contribution in [0.15, 0.2) is 58.6 Å². The largest absolute Gasteiger partial charge is 0.573 e. The zero-order chi connectivity index (χ0) is 23.9. The van der Waals surface area contributed by atoms with Gasteiger partial charge in [-0.05, 0) is 48.2 Å². The number of benzene rings is 2. The molecule has 1 aliphatic rings. The van der Waals surface area contributed by atoms with Gasteiger partial charge in [-0.2, -0.15) is 4.31 Å². The normalized spacial score (nSPS) is 15.3. The summed E-state index contributed by atoms with van der Waals surface area (Å²) in [6, 6.07) is 12.5. The number of sulfonamides is 1. The van der Waals surface area contributed by atoms with Crippen molar-refractivity contribution in [1.29, 1.82) is 0 Å². The average molecular weight is 485 g/mol. The van der Waals surface area contributed by atoms with Gasteiger partial charge in [-0.25, -0.2) is 8.42 Å². The molecule has 0 bridgehead atoms. The fourth-order valence-electron chi connectivity index (χ4n) is 3.46. The van der Waals surface area contributed by atoms with Crippen molar-refractivity contribution in [1.82, 2.24) is 4.31 Å². The van der Waals surface area contributed by atoms with Crippen LogP contribution < -0.4 is 4.74 Å². The molecule has 0 aliphatic carbocycles. The van der Waals surface area contributed by atoms with Crippen molar-refractivity contribution in [3.8, 4) is 5.75 Å². The molecule has 0 amide bonds. The summed E-state index contributed by atoms with van der Waals surface area (Å²) >= 11 is 0. The predicted molar refractivity (Wildman–Crippen MR) is 118 cm³/mol. The summed E-state index contributed by atoms with van der Waals surface area (Å²) in [7, 11) is -3.57. The maximum atomic E-state index is 12.9. The number of hydrogen-bond donors (Lipinski definition) is 0. The topological polar surface area (TPSA) is 68.2 Å². The van der Waals surface area contributed by atoms with Gasteiger partial charge in [-0.3, -0.25) is 0 Å². The second-order valence-corrected chi connectivity index (χ2v) is 9.72. The SMILES string of the molecule is CCCCc1ccc(S(=O)(=O)N2CCC(=NOCc3cccc(OC(F)(F)F)c3)CC2)cc1. The molecule has 0 radical (unpaired) electrons. The van der Waals surface area contributed by atoms with E-state index < -0.39 is 16.4 Å². The Bertz CT molecular complexity index is 1040. The number of alkyl halides is 3. The van der Waals surface area contributed by atoms with Gasteiger partial charge in [0.2, 0.25) is 10.0 Å². The number of halogens is 3. The zero-order valence-electron chi connectivity index (χ0n) is 18.3. The van der Waals surface area contributed by atoms with Crippen molar-refractivity contribution in [2.24, 2.45) is 5.16 Å². The van der Waals surface area contributed by atoms with E-state index in [1.807, 2.05) is 12.1 Å². The van der Waals surface area contributed by atoms with E-state index in [4.69, 9.17) is 4.84 Å². The van der Waals surface area contributed by atoms with Crippen LogP contribution in [-0.2, 0) is 27.9 Å². The van der Waals surface area contributed by atoms with Gasteiger partial charge >= 0.3 is 6.36 Å². The summed E-state index contributed by atoms with van der Waals surface area (Å²) in [5.74, 6) is -0.326. The van der Waals surface area contributed by atoms with Crippen LogP contribution in [0.1, 0.15) is 43.7 Å². The molecule has 0 atom stereocenters. The first-order valence-corrected chi connectivity index (χ1v) is 12.2. The third-order valence-corrected chi connectivity index (χ3v) is 7.15. The molecule has 33 heavy (non-hydrogen) atoms. The fourth-order valence-corrected chi connectivity index (χ4v) is 4.91.